The van der Waals surface area contributed by atoms with Gasteiger partial charge in [0.25, 0.3) is 0 Å². The lowest BCUT2D eigenvalue weighted by atomic mass is 9.70. The fourth-order valence-corrected chi connectivity index (χ4v) is 3.49. The number of likely N-dealkylation sites (N-methyl/N-ethyl adjacent to an activating group) is 1. The van der Waals surface area contributed by atoms with E-state index in [1.54, 1.807) is 6.20 Å². The zero-order chi connectivity index (χ0) is 14.6. The van der Waals surface area contributed by atoms with Crippen LogP contribution in [0.2, 0.25) is 5.02 Å². The van der Waals surface area contributed by atoms with Crippen LogP contribution in [-0.2, 0) is 6.42 Å². The molecule has 0 radical (unpaired) electrons. The standard InChI is InChI=1S/C17H27ClN2/c1-4-20-16(11-14-7-10-19-12-15(14)18)13-5-8-17(2,3)9-6-13/h7,10,12-13,16,20H,4-6,8-9,11H2,1-3H3. The highest BCUT2D eigenvalue weighted by molar-refractivity contribution is 6.31. The predicted molar refractivity (Wildman–Crippen MR) is 86.2 cm³/mol. The van der Waals surface area contributed by atoms with Crippen molar-refractivity contribution in [2.24, 2.45) is 11.3 Å². The average Bonchev–Trinajstić information content (AvgIpc) is 2.41. The molecule has 0 bridgehead atoms. The summed E-state index contributed by atoms with van der Waals surface area (Å²) in [6.45, 7) is 8.00. The number of hydrogen-bond donors (Lipinski definition) is 1. The van der Waals surface area contributed by atoms with Crippen LogP contribution >= 0.6 is 11.6 Å². The van der Waals surface area contributed by atoms with Gasteiger partial charge in [-0.15, -0.1) is 0 Å². The molecular weight excluding hydrogens is 268 g/mol. The third-order valence-electron chi connectivity index (χ3n) is 4.72. The monoisotopic (exact) mass is 294 g/mol. The Labute approximate surface area is 128 Å². The maximum Gasteiger partial charge on any atom is 0.0621 e. The molecule has 2 rings (SSSR count). The van der Waals surface area contributed by atoms with E-state index < -0.39 is 0 Å². The van der Waals surface area contributed by atoms with Crippen molar-refractivity contribution in [2.45, 2.75) is 58.9 Å². The molecule has 1 heterocycles. The molecule has 2 nitrogen and oxygen atoms in total. The van der Waals surface area contributed by atoms with Crippen molar-refractivity contribution in [2.75, 3.05) is 6.54 Å². The van der Waals surface area contributed by atoms with Gasteiger partial charge in [0.1, 0.15) is 0 Å². The normalized spacial score (nSPS) is 20.8. The number of halogens is 1. The molecular formula is C17H27ClN2. The van der Waals surface area contributed by atoms with Crippen LogP contribution in [0, 0.1) is 11.3 Å². The van der Waals surface area contributed by atoms with E-state index in [2.05, 4.69) is 37.1 Å². The van der Waals surface area contributed by atoms with E-state index in [1.807, 2.05) is 6.20 Å². The minimum Gasteiger partial charge on any atom is -0.314 e. The molecule has 1 N–H and O–H groups in total. The topological polar surface area (TPSA) is 24.9 Å². The average molecular weight is 295 g/mol. The van der Waals surface area contributed by atoms with E-state index >= 15 is 0 Å². The maximum absolute atomic E-state index is 6.26. The third-order valence-corrected chi connectivity index (χ3v) is 5.06. The van der Waals surface area contributed by atoms with Gasteiger partial charge in [0.2, 0.25) is 0 Å². The molecule has 1 saturated carbocycles. The molecule has 0 aliphatic heterocycles. The fraction of sp³-hybridized carbons (Fsp3) is 0.706. The van der Waals surface area contributed by atoms with E-state index in [0.29, 0.717) is 11.5 Å². The third kappa shape index (κ3) is 4.20. The van der Waals surface area contributed by atoms with E-state index in [9.17, 15) is 0 Å². The van der Waals surface area contributed by atoms with E-state index in [1.165, 1.54) is 31.2 Å². The second kappa shape index (κ2) is 6.91. The Morgan fingerprint density at radius 3 is 2.70 bits per heavy atom. The summed E-state index contributed by atoms with van der Waals surface area (Å²) >= 11 is 6.26. The van der Waals surface area contributed by atoms with Gasteiger partial charge in [0, 0.05) is 18.4 Å². The molecule has 1 aliphatic carbocycles. The highest BCUT2D eigenvalue weighted by Gasteiger charge is 2.31. The zero-order valence-corrected chi connectivity index (χ0v) is 13.7. The first-order valence-corrected chi connectivity index (χ1v) is 8.21. The van der Waals surface area contributed by atoms with Crippen LogP contribution in [0.25, 0.3) is 0 Å². The van der Waals surface area contributed by atoms with Crippen LogP contribution in [0.1, 0.15) is 52.0 Å². The van der Waals surface area contributed by atoms with Gasteiger partial charge in [-0.3, -0.25) is 4.98 Å². The lowest BCUT2D eigenvalue weighted by Gasteiger charge is -2.38. The van der Waals surface area contributed by atoms with Crippen molar-refractivity contribution in [3.05, 3.63) is 29.0 Å². The zero-order valence-electron chi connectivity index (χ0n) is 13.0. The van der Waals surface area contributed by atoms with Gasteiger partial charge < -0.3 is 5.32 Å². The quantitative estimate of drug-likeness (QED) is 0.866. The minimum absolute atomic E-state index is 0.529. The number of pyridine rings is 1. The molecule has 0 aromatic carbocycles. The predicted octanol–water partition coefficient (Wildman–Crippen LogP) is 4.47. The molecule has 1 atom stereocenters. The Hall–Kier alpha value is -0.600. The largest absolute Gasteiger partial charge is 0.314 e. The van der Waals surface area contributed by atoms with Crippen molar-refractivity contribution < 1.29 is 0 Å². The number of rotatable bonds is 5. The molecule has 1 aliphatic rings. The molecule has 1 aromatic heterocycles. The van der Waals surface area contributed by atoms with Gasteiger partial charge >= 0.3 is 0 Å². The summed E-state index contributed by atoms with van der Waals surface area (Å²) in [4.78, 5) is 4.08. The van der Waals surface area contributed by atoms with Crippen LogP contribution in [0.3, 0.4) is 0 Å². The van der Waals surface area contributed by atoms with Gasteiger partial charge in [-0.05, 0) is 61.6 Å². The van der Waals surface area contributed by atoms with Crippen molar-refractivity contribution in [1.29, 1.82) is 0 Å². The number of nitrogens with one attached hydrogen (secondary N) is 1. The van der Waals surface area contributed by atoms with E-state index in [-0.39, 0.29) is 0 Å². The van der Waals surface area contributed by atoms with E-state index in [0.717, 1.165) is 23.9 Å². The first kappa shape index (κ1) is 15.8. The smallest absolute Gasteiger partial charge is 0.0621 e. The number of aromatic nitrogens is 1. The van der Waals surface area contributed by atoms with Crippen LogP contribution in [-0.4, -0.2) is 17.6 Å². The Morgan fingerprint density at radius 2 is 2.10 bits per heavy atom. The molecule has 0 spiro atoms. The maximum atomic E-state index is 6.26. The molecule has 3 heteroatoms. The Kier molecular flexibility index (Phi) is 5.45. The van der Waals surface area contributed by atoms with Gasteiger partial charge in [-0.2, -0.15) is 0 Å². The van der Waals surface area contributed by atoms with Gasteiger partial charge in [0.05, 0.1) is 5.02 Å². The molecule has 0 amide bonds. The lowest BCUT2D eigenvalue weighted by molar-refractivity contribution is 0.161. The van der Waals surface area contributed by atoms with Gasteiger partial charge in [0.15, 0.2) is 0 Å². The minimum atomic E-state index is 0.529. The summed E-state index contributed by atoms with van der Waals surface area (Å²) in [7, 11) is 0. The summed E-state index contributed by atoms with van der Waals surface area (Å²) in [5.41, 5.74) is 1.75. The first-order valence-electron chi connectivity index (χ1n) is 7.83. The van der Waals surface area contributed by atoms with Crippen LogP contribution < -0.4 is 5.32 Å². The molecule has 1 aromatic rings. The molecule has 0 saturated heterocycles. The summed E-state index contributed by atoms with van der Waals surface area (Å²) in [6, 6.07) is 2.59. The summed E-state index contributed by atoms with van der Waals surface area (Å²) < 4.78 is 0. The van der Waals surface area contributed by atoms with Crippen molar-refractivity contribution in [3.8, 4) is 0 Å². The molecule has 20 heavy (non-hydrogen) atoms. The second-order valence-electron chi connectivity index (χ2n) is 6.84. The van der Waals surface area contributed by atoms with Gasteiger partial charge in [-0.25, -0.2) is 0 Å². The van der Waals surface area contributed by atoms with Crippen LogP contribution in [0.5, 0.6) is 0 Å². The Balaban J connectivity index is 2.02. The van der Waals surface area contributed by atoms with Crippen molar-refractivity contribution in [1.82, 2.24) is 10.3 Å². The molecule has 112 valence electrons. The Morgan fingerprint density at radius 1 is 1.40 bits per heavy atom. The molecule has 1 fully saturated rings. The van der Waals surface area contributed by atoms with E-state index in [4.69, 9.17) is 11.6 Å². The second-order valence-corrected chi connectivity index (χ2v) is 7.24. The first-order chi connectivity index (χ1) is 9.52. The van der Waals surface area contributed by atoms with Gasteiger partial charge in [-0.1, -0.05) is 32.4 Å². The van der Waals surface area contributed by atoms with Crippen LogP contribution in [0.4, 0.5) is 0 Å². The SMILES string of the molecule is CCNC(Cc1ccncc1Cl)C1CCC(C)(C)CC1. The number of hydrogen-bond acceptors (Lipinski definition) is 2. The lowest BCUT2D eigenvalue weighted by Crippen LogP contribution is -2.40. The highest BCUT2D eigenvalue weighted by atomic mass is 35.5. The summed E-state index contributed by atoms with van der Waals surface area (Å²) in [6.07, 6.45) is 9.94. The van der Waals surface area contributed by atoms with Crippen molar-refractivity contribution in [3.63, 3.8) is 0 Å². The Bertz CT molecular complexity index is 421. The van der Waals surface area contributed by atoms with Crippen molar-refractivity contribution >= 4 is 11.6 Å². The summed E-state index contributed by atoms with van der Waals surface area (Å²) in [5, 5.41) is 4.47. The highest BCUT2D eigenvalue weighted by Crippen LogP contribution is 2.39. The summed E-state index contributed by atoms with van der Waals surface area (Å²) in [5.74, 6) is 0.771. The number of nitrogens with zero attached hydrogens (tertiary/aromatic N) is 1. The van der Waals surface area contributed by atoms with Crippen LogP contribution in [0.15, 0.2) is 18.5 Å². The fourth-order valence-electron chi connectivity index (χ4n) is 3.30. The molecule has 1 unspecified atom stereocenters.